The largest absolute Gasteiger partial charge is 0.348 e. The lowest BCUT2D eigenvalue weighted by atomic mass is 10.2. The molecule has 0 amide bonds. The van der Waals surface area contributed by atoms with Gasteiger partial charge in [-0.25, -0.2) is 4.98 Å². The Morgan fingerprint density at radius 1 is 1.64 bits per heavy atom. The number of rotatable bonds is 5. The molecule has 1 fully saturated rings. The molecule has 0 aromatic carbocycles. The fourth-order valence-corrected chi connectivity index (χ4v) is 1.98. The van der Waals surface area contributed by atoms with Crippen molar-refractivity contribution in [3.8, 4) is 0 Å². The summed E-state index contributed by atoms with van der Waals surface area (Å²) >= 11 is 0. The Bertz CT molecular complexity index is 292. The van der Waals surface area contributed by atoms with Crippen molar-refractivity contribution in [3.05, 3.63) is 17.7 Å². The van der Waals surface area contributed by atoms with Crippen molar-refractivity contribution in [1.29, 1.82) is 0 Å². The van der Waals surface area contributed by atoms with Gasteiger partial charge < -0.3 is 10.3 Å². The van der Waals surface area contributed by atoms with Crippen LogP contribution < -0.4 is 5.32 Å². The van der Waals surface area contributed by atoms with Crippen molar-refractivity contribution in [3.63, 3.8) is 0 Å². The molecule has 1 saturated carbocycles. The molecule has 1 aliphatic rings. The first-order valence-electron chi connectivity index (χ1n) is 5.53. The van der Waals surface area contributed by atoms with Gasteiger partial charge in [0, 0.05) is 18.3 Å². The van der Waals surface area contributed by atoms with E-state index in [1.54, 1.807) is 6.33 Å². The van der Waals surface area contributed by atoms with E-state index >= 15 is 0 Å². The molecule has 3 heteroatoms. The van der Waals surface area contributed by atoms with Crippen LogP contribution in [-0.2, 0) is 6.54 Å². The van der Waals surface area contributed by atoms with Crippen molar-refractivity contribution in [2.45, 2.75) is 45.7 Å². The van der Waals surface area contributed by atoms with E-state index in [1.807, 2.05) is 0 Å². The van der Waals surface area contributed by atoms with Crippen LogP contribution in [0, 0.1) is 12.8 Å². The predicted octanol–water partition coefficient (Wildman–Crippen LogP) is 2.00. The molecule has 78 valence electrons. The van der Waals surface area contributed by atoms with Gasteiger partial charge in [0.1, 0.15) is 0 Å². The Morgan fingerprint density at radius 2 is 2.50 bits per heavy atom. The fraction of sp³-hybridized carbons (Fsp3) is 0.727. The van der Waals surface area contributed by atoms with E-state index in [2.05, 4.69) is 29.1 Å². The van der Waals surface area contributed by atoms with Gasteiger partial charge in [-0.2, -0.15) is 0 Å². The summed E-state index contributed by atoms with van der Waals surface area (Å²) in [7, 11) is 0. The van der Waals surface area contributed by atoms with Gasteiger partial charge in [-0.1, -0.05) is 13.3 Å². The Labute approximate surface area is 85.3 Å². The van der Waals surface area contributed by atoms with Gasteiger partial charge in [0.2, 0.25) is 0 Å². The van der Waals surface area contributed by atoms with E-state index in [-0.39, 0.29) is 0 Å². The second-order valence-electron chi connectivity index (χ2n) is 4.25. The first-order chi connectivity index (χ1) is 6.81. The minimum absolute atomic E-state index is 0.756. The number of aromatic amines is 1. The number of nitrogens with zero attached hydrogens (tertiary/aromatic N) is 1. The standard InChI is InChI=1S/C11H19N3/c1-3-4-9-5-10(9)12-6-11-8(2)13-7-14-11/h7,9-10,12H,3-6H2,1-2H3,(H,13,14). The average Bonchev–Trinajstić information content (AvgIpc) is 2.78. The van der Waals surface area contributed by atoms with Crippen molar-refractivity contribution in [2.24, 2.45) is 5.92 Å². The fourth-order valence-electron chi connectivity index (χ4n) is 1.98. The molecular weight excluding hydrogens is 174 g/mol. The first kappa shape index (κ1) is 9.71. The third kappa shape index (κ3) is 2.15. The number of imidazole rings is 1. The lowest BCUT2D eigenvalue weighted by Gasteiger charge is -2.01. The van der Waals surface area contributed by atoms with Gasteiger partial charge in [0.05, 0.1) is 12.0 Å². The molecule has 1 heterocycles. The highest BCUT2D eigenvalue weighted by molar-refractivity contribution is 5.09. The first-order valence-corrected chi connectivity index (χ1v) is 5.53. The predicted molar refractivity (Wildman–Crippen MR) is 57.0 cm³/mol. The maximum absolute atomic E-state index is 4.27. The number of aryl methyl sites for hydroxylation is 1. The normalized spacial score (nSPS) is 25.3. The number of aromatic nitrogens is 2. The highest BCUT2D eigenvalue weighted by Crippen LogP contribution is 2.34. The van der Waals surface area contributed by atoms with E-state index in [4.69, 9.17) is 0 Å². The molecule has 2 unspecified atom stereocenters. The summed E-state index contributed by atoms with van der Waals surface area (Å²) in [6.07, 6.45) is 5.81. The molecule has 2 N–H and O–H groups in total. The van der Waals surface area contributed by atoms with Crippen LogP contribution in [0.5, 0.6) is 0 Å². The zero-order valence-corrected chi connectivity index (χ0v) is 9.01. The molecule has 3 nitrogen and oxygen atoms in total. The SMILES string of the molecule is CCCC1CC1NCc1nc[nH]c1C. The van der Waals surface area contributed by atoms with Gasteiger partial charge in [0.25, 0.3) is 0 Å². The molecule has 14 heavy (non-hydrogen) atoms. The summed E-state index contributed by atoms with van der Waals surface area (Å²) in [5.41, 5.74) is 2.34. The number of H-pyrrole nitrogens is 1. The van der Waals surface area contributed by atoms with Crippen LogP contribution in [0.15, 0.2) is 6.33 Å². The van der Waals surface area contributed by atoms with Crippen LogP contribution in [0.4, 0.5) is 0 Å². The van der Waals surface area contributed by atoms with E-state index < -0.39 is 0 Å². The van der Waals surface area contributed by atoms with Gasteiger partial charge >= 0.3 is 0 Å². The molecule has 1 aromatic rings. The topological polar surface area (TPSA) is 40.7 Å². The van der Waals surface area contributed by atoms with Crippen LogP contribution in [-0.4, -0.2) is 16.0 Å². The highest BCUT2D eigenvalue weighted by atomic mass is 15.0. The van der Waals surface area contributed by atoms with Gasteiger partial charge in [0.15, 0.2) is 0 Å². The average molecular weight is 193 g/mol. The molecule has 2 rings (SSSR count). The smallest absolute Gasteiger partial charge is 0.0925 e. The summed E-state index contributed by atoms with van der Waals surface area (Å²) in [5.74, 6) is 0.930. The van der Waals surface area contributed by atoms with Crippen LogP contribution in [0.3, 0.4) is 0 Å². The van der Waals surface area contributed by atoms with E-state index in [0.29, 0.717) is 0 Å². The van der Waals surface area contributed by atoms with Crippen molar-refractivity contribution in [2.75, 3.05) is 0 Å². The number of nitrogens with one attached hydrogen (secondary N) is 2. The highest BCUT2D eigenvalue weighted by Gasteiger charge is 2.35. The van der Waals surface area contributed by atoms with Gasteiger partial charge in [-0.15, -0.1) is 0 Å². The maximum Gasteiger partial charge on any atom is 0.0925 e. The van der Waals surface area contributed by atoms with Crippen molar-refractivity contribution in [1.82, 2.24) is 15.3 Å². The zero-order chi connectivity index (χ0) is 9.97. The summed E-state index contributed by atoms with van der Waals surface area (Å²) in [5, 5.41) is 3.55. The molecule has 0 radical (unpaired) electrons. The number of hydrogen-bond donors (Lipinski definition) is 2. The molecule has 0 aliphatic heterocycles. The Morgan fingerprint density at radius 3 is 3.14 bits per heavy atom. The quantitative estimate of drug-likeness (QED) is 0.751. The molecule has 0 saturated heterocycles. The molecular formula is C11H19N3. The third-order valence-corrected chi connectivity index (χ3v) is 3.05. The minimum Gasteiger partial charge on any atom is -0.348 e. The third-order valence-electron chi connectivity index (χ3n) is 3.05. The Hall–Kier alpha value is -0.830. The van der Waals surface area contributed by atoms with Crippen LogP contribution >= 0.6 is 0 Å². The monoisotopic (exact) mass is 193 g/mol. The molecule has 1 aromatic heterocycles. The van der Waals surface area contributed by atoms with E-state index in [9.17, 15) is 0 Å². The van der Waals surface area contributed by atoms with Crippen LogP contribution in [0.1, 0.15) is 37.6 Å². The lowest BCUT2D eigenvalue weighted by molar-refractivity contribution is 0.594. The second kappa shape index (κ2) is 4.13. The van der Waals surface area contributed by atoms with Gasteiger partial charge in [-0.3, -0.25) is 0 Å². The molecule has 0 spiro atoms. The molecule has 1 aliphatic carbocycles. The molecule has 2 atom stereocenters. The summed E-state index contributed by atoms with van der Waals surface area (Å²) in [6.45, 7) is 5.24. The lowest BCUT2D eigenvalue weighted by Crippen LogP contribution is -2.18. The van der Waals surface area contributed by atoms with Crippen molar-refractivity contribution < 1.29 is 0 Å². The van der Waals surface area contributed by atoms with Crippen LogP contribution in [0.25, 0.3) is 0 Å². The minimum atomic E-state index is 0.756. The van der Waals surface area contributed by atoms with E-state index in [0.717, 1.165) is 24.2 Å². The zero-order valence-electron chi connectivity index (χ0n) is 9.01. The Balaban J connectivity index is 1.72. The maximum atomic E-state index is 4.27. The van der Waals surface area contributed by atoms with Crippen molar-refractivity contribution >= 4 is 0 Å². The van der Waals surface area contributed by atoms with E-state index in [1.165, 1.54) is 25.0 Å². The Kier molecular flexibility index (Phi) is 2.87. The number of hydrogen-bond acceptors (Lipinski definition) is 2. The summed E-state index contributed by atoms with van der Waals surface area (Å²) in [4.78, 5) is 7.37. The second-order valence-corrected chi connectivity index (χ2v) is 4.25. The molecule has 0 bridgehead atoms. The van der Waals surface area contributed by atoms with Crippen LogP contribution in [0.2, 0.25) is 0 Å². The summed E-state index contributed by atoms with van der Waals surface area (Å²) in [6, 6.07) is 0.756. The van der Waals surface area contributed by atoms with Gasteiger partial charge in [-0.05, 0) is 25.7 Å². The summed E-state index contributed by atoms with van der Waals surface area (Å²) < 4.78 is 0.